The van der Waals surface area contributed by atoms with E-state index >= 15 is 0 Å². The minimum atomic E-state index is -0.655. The van der Waals surface area contributed by atoms with Gasteiger partial charge in [0.15, 0.2) is 6.61 Å². The molecule has 2 aromatic carbocycles. The molecular weight excluding hydrogens is 460 g/mol. The molecule has 0 unspecified atom stereocenters. The zero-order valence-electron chi connectivity index (χ0n) is 18.1. The Morgan fingerprint density at radius 3 is 2.27 bits per heavy atom. The Kier molecular flexibility index (Phi) is 6.18. The number of nitrogens with zero attached hydrogens (tertiary/aromatic N) is 4. The Morgan fingerprint density at radius 2 is 1.70 bits per heavy atom. The molecule has 0 atom stereocenters. The summed E-state index contributed by atoms with van der Waals surface area (Å²) < 4.78 is 5.27. The number of Topliss-reactive ketones (excluding diaryl/α,β-unsaturated/α-hetero) is 1. The second kappa shape index (κ2) is 9.06. The number of benzene rings is 2. The number of fused-ring (bicyclic) bond motifs is 1. The normalized spacial score (nSPS) is 12.4. The molecule has 0 bridgehead atoms. The van der Waals surface area contributed by atoms with Crippen LogP contribution < -0.4 is 9.80 Å². The first kappa shape index (κ1) is 22.5. The van der Waals surface area contributed by atoms with E-state index in [0.29, 0.717) is 26.4 Å². The highest BCUT2D eigenvalue weighted by molar-refractivity contribution is 7.17. The van der Waals surface area contributed by atoms with Crippen LogP contribution in [0.15, 0.2) is 59.9 Å². The van der Waals surface area contributed by atoms with E-state index in [-0.39, 0.29) is 5.57 Å². The topological polar surface area (TPSA) is 86.5 Å². The zero-order valence-corrected chi connectivity index (χ0v) is 19.7. The van der Waals surface area contributed by atoms with Crippen molar-refractivity contribution in [3.05, 3.63) is 75.5 Å². The Hall–Kier alpha value is -3.67. The first-order chi connectivity index (χ1) is 15.8. The van der Waals surface area contributed by atoms with Crippen molar-refractivity contribution in [3.8, 4) is 16.6 Å². The third-order valence-electron chi connectivity index (χ3n) is 5.26. The molecule has 3 aromatic rings. The van der Waals surface area contributed by atoms with Crippen molar-refractivity contribution in [2.75, 3.05) is 30.5 Å². The molecule has 7 nitrogen and oxygen atoms in total. The molecule has 9 heteroatoms. The number of aryl methyl sites for hydroxylation is 1. The molecule has 0 saturated carbocycles. The number of para-hydroxylation sites is 2. The number of esters is 1. The van der Waals surface area contributed by atoms with Crippen LogP contribution in [0.2, 0.25) is 5.02 Å². The minimum absolute atomic E-state index is 0.0770. The fourth-order valence-corrected chi connectivity index (χ4v) is 4.72. The predicted molar refractivity (Wildman–Crippen MR) is 128 cm³/mol. The highest BCUT2D eigenvalue weighted by Crippen LogP contribution is 2.40. The van der Waals surface area contributed by atoms with Gasteiger partial charge in [0, 0.05) is 24.7 Å². The number of anilines is 2. The van der Waals surface area contributed by atoms with Gasteiger partial charge in [0.1, 0.15) is 27.3 Å². The van der Waals surface area contributed by atoms with Gasteiger partial charge >= 0.3 is 5.97 Å². The van der Waals surface area contributed by atoms with Crippen LogP contribution in [0.4, 0.5) is 11.4 Å². The second-order valence-corrected chi connectivity index (χ2v) is 8.79. The summed E-state index contributed by atoms with van der Waals surface area (Å²) in [5, 5.41) is 11.0. The number of ketones is 1. The summed E-state index contributed by atoms with van der Waals surface area (Å²) in [6.07, 6.45) is 0. The predicted octanol–water partition coefficient (Wildman–Crippen LogP) is 4.82. The molecular formula is C24H19ClN4O3S. The quantitative estimate of drug-likeness (QED) is 0.295. The average Bonchev–Trinajstić information content (AvgIpc) is 3.32. The van der Waals surface area contributed by atoms with Crippen LogP contribution in [-0.2, 0) is 9.53 Å². The van der Waals surface area contributed by atoms with E-state index in [9.17, 15) is 14.9 Å². The van der Waals surface area contributed by atoms with Crippen molar-refractivity contribution in [2.24, 2.45) is 0 Å². The monoisotopic (exact) mass is 478 g/mol. The lowest BCUT2D eigenvalue weighted by molar-refractivity contribution is -0.118. The largest absolute Gasteiger partial charge is 0.453 e. The number of aromatic nitrogens is 1. The van der Waals surface area contributed by atoms with Crippen molar-refractivity contribution >= 4 is 46.1 Å². The Morgan fingerprint density at radius 1 is 1.09 bits per heavy atom. The van der Waals surface area contributed by atoms with Gasteiger partial charge in [-0.1, -0.05) is 35.9 Å². The maximum Gasteiger partial charge on any atom is 0.350 e. The second-order valence-electron chi connectivity index (χ2n) is 7.36. The van der Waals surface area contributed by atoms with Gasteiger partial charge in [-0.25, -0.2) is 9.78 Å². The van der Waals surface area contributed by atoms with Crippen LogP contribution in [0, 0.1) is 18.3 Å². The standard InChI is InChI=1S/C24H19ClN4O3S/c1-14-21(33-22(27-14)15-8-10-16(25)11-9-15)24(31)32-13-20(30)17(12-26)23-28(2)18-6-4-5-7-19(18)29(23)3/h4-11H,13H2,1-3H3. The molecule has 33 heavy (non-hydrogen) atoms. The highest BCUT2D eigenvalue weighted by Gasteiger charge is 2.31. The molecule has 0 aliphatic carbocycles. The molecule has 0 radical (unpaired) electrons. The van der Waals surface area contributed by atoms with Gasteiger partial charge in [0.2, 0.25) is 5.78 Å². The summed E-state index contributed by atoms with van der Waals surface area (Å²) in [7, 11) is 3.57. The lowest BCUT2D eigenvalue weighted by atomic mass is 10.2. The van der Waals surface area contributed by atoms with Crippen LogP contribution in [-0.4, -0.2) is 37.4 Å². The first-order valence-corrected chi connectivity index (χ1v) is 11.2. The van der Waals surface area contributed by atoms with E-state index in [0.717, 1.165) is 16.9 Å². The smallest absolute Gasteiger partial charge is 0.350 e. The number of thiazole rings is 1. The summed E-state index contributed by atoms with van der Waals surface area (Å²) in [4.78, 5) is 33.8. The number of carbonyl (C=O) groups excluding carboxylic acids is 2. The van der Waals surface area contributed by atoms with Gasteiger partial charge < -0.3 is 14.5 Å². The molecule has 2 heterocycles. The molecule has 0 N–H and O–H groups in total. The summed E-state index contributed by atoms with van der Waals surface area (Å²) in [6.45, 7) is 1.16. The molecule has 0 amide bonds. The van der Waals surface area contributed by atoms with Gasteiger partial charge in [-0.2, -0.15) is 5.26 Å². The van der Waals surface area contributed by atoms with Crippen LogP contribution in [0.3, 0.4) is 0 Å². The van der Waals surface area contributed by atoms with Gasteiger partial charge in [-0.15, -0.1) is 11.3 Å². The zero-order chi connectivity index (χ0) is 23.7. The van der Waals surface area contributed by atoms with Crippen molar-refractivity contribution in [3.63, 3.8) is 0 Å². The lowest BCUT2D eigenvalue weighted by Gasteiger charge is -2.19. The van der Waals surface area contributed by atoms with Crippen molar-refractivity contribution in [1.29, 1.82) is 5.26 Å². The molecule has 1 aromatic heterocycles. The fraction of sp³-hybridized carbons (Fsp3) is 0.167. The number of ether oxygens (including phenoxy) is 1. The van der Waals surface area contributed by atoms with Gasteiger partial charge in [0.25, 0.3) is 0 Å². The number of hydrogen-bond donors (Lipinski definition) is 0. The molecule has 4 rings (SSSR count). The third-order valence-corrected chi connectivity index (χ3v) is 6.70. The van der Waals surface area contributed by atoms with Gasteiger partial charge in [0.05, 0.1) is 17.1 Å². The van der Waals surface area contributed by atoms with Gasteiger partial charge in [-0.3, -0.25) is 4.79 Å². The number of carbonyl (C=O) groups is 2. The van der Waals surface area contributed by atoms with Crippen molar-refractivity contribution in [2.45, 2.75) is 6.92 Å². The maximum atomic E-state index is 12.8. The minimum Gasteiger partial charge on any atom is -0.453 e. The Labute approximate surface area is 200 Å². The van der Waals surface area contributed by atoms with Crippen LogP contribution >= 0.6 is 22.9 Å². The Balaban J connectivity index is 1.51. The number of rotatable bonds is 5. The average molecular weight is 479 g/mol. The molecule has 1 aliphatic rings. The fourth-order valence-electron chi connectivity index (χ4n) is 3.63. The number of hydrogen-bond acceptors (Lipinski definition) is 8. The number of halogens is 1. The van der Waals surface area contributed by atoms with E-state index in [1.54, 1.807) is 43.0 Å². The lowest BCUT2D eigenvalue weighted by Crippen LogP contribution is -2.27. The van der Waals surface area contributed by atoms with Crippen molar-refractivity contribution < 1.29 is 14.3 Å². The molecule has 0 fully saturated rings. The van der Waals surface area contributed by atoms with Crippen molar-refractivity contribution in [1.82, 2.24) is 4.98 Å². The number of nitriles is 1. The van der Waals surface area contributed by atoms with E-state index in [1.807, 2.05) is 42.5 Å². The Bertz CT molecular complexity index is 1290. The molecule has 1 aliphatic heterocycles. The summed E-state index contributed by atoms with van der Waals surface area (Å²) >= 11 is 7.11. The van der Waals surface area contributed by atoms with Gasteiger partial charge in [-0.05, 0) is 31.2 Å². The maximum absolute atomic E-state index is 12.8. The van der Waals surface area contributed by atoms with Crippen LogP contribution in [0.1, 0.15) is 15.4 Å². The summed E-state index contributed by atoms with van der Waals surface area (Å²) in [5.74, 6) is -0.788. The van der Waals surface area contributed by atoms with E-state index in [2.05, 4.69) is 4.98 Å². The third kappa shape index (κ3) is 4.21. The SMILES string of the molecule is Cc1nc(-c2ccc(Cl)cc2)sc1C(=O)OCC(=O)C(C#N)=C1N(C)c2ccccc2N1C. The molecule has 0 saturated heterocycles. The van der Waals surface area contributed by atoms with E-state index < -0.39 is 18.4 Å². The molecule has 166 valence electrons. The molecule has 0 spiro atoms. The highest BCUT2D eigenvalue weighted by atomic mass is 35.5. The summed E-state index contributed by atoms with van der Waals surface area (Å²) in [5.41, 5.74) is 3.01. The first-order valence-electron chi connectivity index (χ1n) is 9.96. The van der Waals surface area contributed by atoms with E-state index in [1.165, 1.54) is 11.3 Å². The van der Waals surface area contributed by atoms with Crippen LogP contribution in [0.25, 0.3) is 10.6 Å². The van der Waals surface area contributed by atoms with Crippen LogP contribution in [0.5, 0.6) is 0 Å². The summed E-state index contributed by atoms with van der Waals surface area (Å²) in [6, 6.07) is 16.7. The van der Waals surface area contributed by atoms with E-state index in [4.69, 9.17) is 16.3 Å².